The van der Waals surface area contributed by atoms with E-state index in [0.717, 1.165) is 16.9 Å². The second-order valence-electron chi connectivity index (χ2n) is 5.34. The molecular weight excluding hydrogens is 373 g/mol. The molecule has 0 atom stereocenters. The number of aromatic nitrogens is 1. The van der Waals surface area contributed by atoms with Crippen molar-refractivity contribution >= 4 is 45.8 Å². The first-order valence-corrected chi connectivity index (χ1v) is 9.05. The Morgan fingerprint density at radius 2 is 1.96 bits per heavy atom. The fraction of sp³-hybridized carbons (Fsp3) is 0.0526. The van der Waals surface area contributed by atoms with Gasteiger partial charge in [0.25, 0.3) is 0 Å². The smallest absolute Gasteiger partial charge is 0.136 e. The van der Waals surface area contributed by atoms with Crippen molar-refractivity contribution in [3.8, 4) is 17.3 Å². The molecule has 0 saturated heterocycles. The van der Waals surface area contributed by atoms with Crippen molar-refractivity contribution in [1.82, 2.24) is 4.98 Å². The van der Waals surface area contributed by atoms with Gasteiger partial charge >= 0.3 is 0 Å². The highest BCUT2D eigenvalue weighted by Gasteiger charge is 2.11. The van der Waals surface area contributed by atoms with Gasteiger partial charge in [0.2, 0.25) is 0 Å². The molecule has 0 fully saturated rings. The molecule has 1 aromatic heterocycles. The monoisotopic (exact) mass is 385 g/mol. The maximum absolute atomic E-state index is 9.44. The average Bonchev–Trinajstić information content (AvgIpc) is 3.06. The molecule has 124 valence electrons. The van der Waals surface area contributed by atoms with Gasteiger partial charge in [-0.25, -0.2) is 4.98 Å². The van der Waals surface area contributed by atoms with Crippen LogP contribution in [0.5, 0.6) is 0 Å². The largest absolute Gasteiger partial charge is 0.360 e. The lowest BCUT2D eigenvalue weighted by atomic mass is 10.2. The van der Waals surface area contributed by atoms with Crippen LogP contribution < -0.4 is 5.32 Å². The first-order valence-electron chi connectivity index (χ1n) is 7.41. The molecular formula is C19H13Cl2N3S. The lowest BCUT2D eigenvalue weighted by Gasteiger charge is -2.02. The average molecular weight is 386 g/mol. The maximum atomic E-state index is 9.44. The van der Waals surface area contributed by atoms with Gasteiger partial charge in [-0.1, -0.05) is 40.9 Å². The van der Waals surface area contributed by atoms with Crippen LogP contribution in [0.2, 0.25) is 10.0 Å². The van der Waals surface area contributed by atoms with E-state index in [1.807, 2.05) is 42.6 Å². The van der Waals surface area contributed by atoms with Crippen LogP contribution in [0.3, 0.4) is 0 Å². The molecule has 3 aromatic rings. The minimum absolute atomic E-state index is 0.460. The van der Waals surface area contributed by atoms with Crippen LogP contribution in [-0.4, -0.2) is 4.98 Å². The van der Waals surface area contributed by atoms with Gasteiger partial charge in [-0.15, -0.1) is 11.3 Å². The van der Waals surface area contributed by atoms with E-state index >= 15 is 0 Å². The Balaban J connectivity index is 1.85. The second-order valence-corrected chi connectivity index (χ2v) is 7.04. The maximum Gasteiger partial charge on any atom is 0.136 e. The minimum Gasteiger partial charge on any atom is -0.360 e. The van der Waals surface area contributed by atoms with Crippen molar-refractivity contribution in [1.29, 1.82) is 5.26 Å². The Morgan fingerprint density at radius 1 is 1.20 bits per heavy atom. The first-order chi connectivity index (χ1) is 12.1. The highest BCUT2D eigenvalue weighted by molar-refractivity contribution is 7.11. The van der Waals surface area contributed by atoms with Crippen molar-refractivity contribution < 1.29 is 0 Å². The highest BCUT2D eigenvalue weighted by atomic mass is 35.5. The predicted molar refractivity (Wildman–Crippen MR) is 106 cm³/mol. The van der Waals surface area contributed by atoms with Crippen molar-refractivity contribution in [2.24, 2.45) is 0 Å². The van der Waals surface area contributed by atoms with E-state index in [1.165, 1.54) is 16.9 Å². The molecule has 3 nitrogen and oxygen atoms in total. The van der Waals surface area contributed by atoms with Crippen molar-refractivity contribution in [2.45, 2.75) is 6.92 Å². The summed E-state index contributed by atoms with van der Waals surface area (Å²) in [7, 11) is 0. The molecule has 0 amide bonds. The van der Waals surface area contributed by atoms with E-state index in [2.05, 4.69) is 16.4 Å². The van der Waals surface area contributed by atoms with Gasteiger partial charge in [-0.2, -0.15) is 5.26 Å². The number of nitrogens with one attached hydrogen (secondary N) is 1. The number of hydrogen-bond donors (Lipinski definition) is 1. The first kappa shape index (κ1) is 17.5. The predicted octanol–water partition coefficient (Wildman–Crippen LogP) is 6.40. The summed E-state index contributed by atoms with van der Waals surface area (Å²) in [5, 5.41) is 16.2. The molecule has 0 spiro atoms. The Bertz CT molecular complexity index is 969. The van der Waals surface area contributed by atoms with E-state index < -0.39 is 0 Å². The van der Waals surface area contributed by atoms with E-state index in [-0.39, 0.29) is 0 Å². The second kappa shape index (κ2) is 7.71. The zero-order valence-electron chi connectivity index (χ0n) is 13.3. The molecule has 1 N–H and O–H groups in total. The van der Waals surface area contributed by atoms with Crippen LogP contribution in [0.15, 0.2) is 54.0 Å². The number of thiazole rings is 1. The quantitative estimate of drug-likeness (QED) is 0.528. The molecule has 0 saturated carbocycles. The zero-order valence-corrected chi connectivity index (χ0v) is 15.6. The summed E-state index contributed by atoms with van der Waals surface area (Å²) in [6, 6.07) is 15.4. The van der Waals surface area contributed by atoms with Gasteiger partial charge in [0.15, 0.2) is 0 Å². The van der Waals surface area contributed by atoms with Crippen molar-refractivity contribution in [2.75, 3.05) is 5.32 Å². The molecule has 25 heavy (non-hydrogen) atoms. The van der Waals surface area contributed by atoms with Crippen LogP contribution in [-0.2, 0) is 0 Å². The van der Waals surface area contributed by atoms with Gasteiger partial charge < -0.3 is 5.32 Å². The molecule has 0 aliphatic heterocycles. The molecule has 0 aliphatic carbocycles. The number of nitriles is 1. The molecule has 3 rings (SSSR count). The van der Waals surface area contributed by atoms with Crippen LogP contribution in [0.25, 0.3) is 16.8 Å². The molecule has 1 heterocycles. The van der Waals surface area contributed by atoms with E-state index in [9.17, 15) is 5.26 Å². The molecule has 2 aromatic carbocycles. The number of nitrogens with zero attached hydrogens (tertiary/aromatic N) is 2. The Labute approximate surface area is 160 Å². The van der Waals surface area contributed by atoms with Crippen LogP contribution in [0.4, 0.5) is 5.69 Å². The third-order valence-electron chi connectivity index (χ3n) is 3.50. The topological polar surface area (TPSA) is 48.7 Å². The van der Waals surface area contributed by atoms with Crippen LogP contribution in [0.1, 0.15) is 10.6 Å². The van der Waals surface area contributed by atoms with E-state index in [1.54, 1.807) is 18.3 Å². The summed E-state index contributed by atoms with van der Waals surface area (Å²) in [4.78, 5) is 4.53. The van der Waals surface area contributed by atoms with Crippen LogP contribution >= 0.6 is 34.5 Å². The third kappa shape index (κ3) is 4.21. The Morgan fingerprint density at radius 3 is 2.64 bits per heavy atom. The fourth-order valence-corrected chi connectivity index (χ4v) is 3.46. The number of hydrogen-bond acceptors (Lipinski definition) is 4. The molecule has 0 unspecified atom stereocenters. The van der Waals surface area contributed by atoms with E-state index in [0.29, 0.717) is 20.6 Å². The van der Waals surface area contributed by atoms with Gasteiger partial charge in [0.1, 0.15) is 16.6 Å². The molecule has 0 radical (unpaired) electrons. The molecule has 0 aliphatic rings. The third-order valence-corrected chi connectivity index (χ3v) is 4.92. The van der Waals surface area contributed by atoms with Crippen molar-refractivity contribution in [3.05, 3.63) is 74.7 Å². The summed E-state index contributed by atoms with van der Waals surface area (Å²) in [5.74, 6) is 0. The zero-order chi connectivity index (χ0) is 17.8. The summed E-state index contributed by atoms with van der Waals surface area (Å²) < 4.78 is 0. The van der Waals surface area contributed by atoms with Gasteiger partial charge in [-0.3, -0.25) is 0 Å². The Kier molecular flexibility index (Phi) is 5.40. The standard InChI is InChI=1S/C19H13Cl2N3S/c1-12-2-5-15(6-3-12)23-10-13(9-22)19-24-18(11-25-19)16-7-4-14(20)8-17(16)21/h2-8,10-11,23H,1H3/b13-10+. The van der Waals surface area contributed by atoms with Gasteiger partial charge in [-0.05, 0) is 37.3 Å². The lowest BCUT2D eigenvalue weighted by Crippen LogP contribution is -1.91. The van der Waals surface area contributed by atoms with Crippen molar-refractivity contribution in [3.63, 3.8) is 0 Å². The van der Waals surface area contributed by atoms with Gasteiger partial charge in [0.05, 0.1) is 10.7 Å². The Hall–Kier alpha value is -2.32. The fourth-order valence-electron chi connectivity index (χ4n) is 2.17. The summed E-state index contributed by atoms with van der Waals surface area (Å²) >= 11 is 13.6. The number of anilines is 1. The normalized spacial score (nSPS) is 11.2. The van der Waals surface area contributed by atoms with E-state index in [4.69, 9.17) is 23.2 Å². The summed E-state index contributed by atoms with van der Waals surface area (Å²) in [5.41, 5.74) is 4.06. The number of benzene rings is 2. The molecule has 6 heteroatoms. The number of aryl methyl sites for hydroxylation is 1. The van der Waals surface area contributed by atoms with Crippen LogP contribution in [0, 0.1) is 18.3 Å². The number of allylic oxidation sites excluding steroid dienone is 1. The summed E-state index contributed by atoms with van der Waals surface area (Å²) in [6.45, 7) is 2.03. The summed E-state index contributed by atoms with van der Waals surface area (Å²) in [6.07, 6.45) is 1.66. The SMILES string of the molecule is Cc1ccc(N/C=C(\C#N)c2nc(-c3ccc(Cl)cc3Cl)cs2)cc1. The highest BCUT2D eigenvalue weighted by Crippen LogP contribution is 2.32. The lowest BCUT2D eigenvalue weighted by molar-refractivity contribution is 1.36. The number of rotatable bonds is 4. The van der Waals surface area contributed by atoms with Gasteiger partial charge in [0, 0.05) is 27.9 Å². The molecule has 0 bridgehead atoms. The number of halogens is 2. The minimum atomic E-state index is 0.460.